The minimum Gasteiger partial charge on any atom is -0.369 e. The average molecular weight is 414 g/mol. The highest BCUT2D eigenvalue weighted by Gasteiger charge is 2.30. The van der Waals surface area contributed by atoms with Crippen LogP contribution in [0.3, 0.4) is 0 Å². The van der Waals surface area contributed by atoms with E-state index in [0.29, 0.717) is 11.4 Å². The standard InChI is InChI=1S/C20H24F2N8/c1-11(27-29-19(23)24)17(12(2)28-30-20(25)26)18(13-3-7-15(21)8-4-13)14-5-9-16(22)10-6-14/h3-10,17-18H,1-2H3,(H4,23,24,29)(H4,25,26,30)/b27-11+,28-12+. The maximum absolute atomic E-state index is 13.6. The van der Waals surface area contributed by atoms with E-state index in [9.17, 15) is 8.78 Å². The Hall–Kier alpha value is -3.82. The molecule has 2 rings (SSSR count). The Morgan fingerprint density at radius 1 is 0.633 bits per heavy atom. The van der Waals surface area contributed by atoms with E-state index in [1.807, 2.05) is 0 Å². The summed E-state index contributed by atoms with van der Waals surface area (Å²) < 4.78 is 27.1. The van der Waals surface area contributed by atoms with E-state index in [4.69, 9.17) is 22.9 Å². The molecule has 0 aliphatic heterocycles. The van der Waals surface area contributed by atoms with Gasteiger partial charge in [-0.15, -0.1) is 10.2 Å². The van der Waals surface area contributed by atoms with E-state index < -0.39 is 11.8 Å². The summed E-state index contributed by atoms with van der Waals surface area (Å²) in [6.45, 7) is 3.43. The van der Waals surface area contributed by atoms with Crippen molar-refractivity contribution >= 4 is 23.3 Å². The van der Waals surface area contributed by atoms with Gasteiger partial charge in [0.05, 0.1) is 0 Å². The molecule has 0 saturated heterocycles. The Balaban J connectivity index is 2.72. The molecule has 158 valence electrons. The van der Waals surface area contributed by atoms with Gasteiger partial charge in [0.2, 0.25) is 11.9 Å². The zero-order valence-corrected chi connectivity index (χ0v) is 16.6. The van der Waals surface area contributed by atoms with E-state index in [1.165, 1.54) is 24.3 Å². The zero-order chi connectivity index (χ0) is 22.3. The smallest absolute Gasteiger partial charge is 0.211 e. The lowest BCUT2D eigenvalue weighted by molar-refractivity contribution is 0.623. The molecule has 0 aliphatic rings. The van der Waals surface area contributed by atoms with Crippen molar-refractivity contribution in [3.05, 3.63) is 71.3 Å². The molecule has 8 N–H and O–H groups in total. The van der Waals surface area contributed by atoms with Gasteiger partial charge in [-0.05, 0) is 49.2 Å². The molecule has 10 heteroatoms. The Kier molecular flexibility index (Phi) is 7.56. The molecule has 0 radical (unpaired) electrons. The molecule has 0 unspecified atom stereocenters. The van der Waals surface area contributed by atoms with Gasteiger partial charge in [0.25, 0.3) is 0 Å². The van der Waals surface area contributed by atoms with E-state index in [-0.39, 0.29) is 23.6 Å². The van der Waals surface area contributed by atoms with Gasteiger partial charge in [-0.25, -0.2) is 8.78 Å². The van der Waals surface area contributed by atoms with E-state index >= 15 is 0 Å². The minimum atomic E-state index is -0.521. The highest BCUT2D eigenvalue weighted by atomic mass is 19.1. The highest BCUT2D eigenvalue weighted by molar-refractivity contribution is 6.07. The first-order valence-electron chi connectivity index (χ1n) is 8.96. The largest absolute Gasteiger partial charge is 0.369 e. The third-order valence-electron chi connectivity index (χ3n) is 4.34. The number of nitrogens with zero attached hydrogens (tertiary/aromatic N) is 4. The summed E-state index contributed by atoms with van der Waals surface area (Å²) in [4.78, 5) is 0. The van der Waals surface area contributed by atoms with Crippen molar-refractivity contribution in [3.8, 4) is 0 Å². The Labute approximate surface area is 173 Å². The third-order valence-corrected chi connectivity index (χ3v) is 4.34. The van der Waals surface area contributed by atoms with Crippen LogP contribution in [0.5, 0.6) is 0 Å². The van der Waals surface area contributed by atoms with Crippen molar-refractivity contribution in [2.24, 2.45) is 49.3 Å². The molecule has 2 aromatic rings. The number of hydrogen-bond acceptors (Lipinski definition) is 4. The number of nitrogens with two attached hydrogens (primary N) is 4. The van der Waals surface area contributed by atoms with Crippen molar-refractivity contribution in [2.45, 2.75) is 19.8 Å². The van der Waals surface area contributed by atoms with Crippen LogP contribution in [0.15, 0.2) is 68.9 Å². The molecule has 0 spiro atoms. The second-order valence-electron chi connectivity index (χ2n) is 6.59. The highest BCUT2D eigenvalue weighted by Crippen LogP contribution is 2.34. The molecule has 0 fully saturated rings. The SMILES string of the molecule is C/C(=N\N=C(N)N)C(/C(C)=N/N=C(N)N)C(c1ccc(F)cc1)c1ccc(F)cc1. The van der Waals surface area contributed by atoms with Crippen molar-refractivity contribution in [2.75, 3.05) is 0 Å². The van der Waals surface area contributed by atoms with Gasteiger partial charge in [-0.1, -0.05) is 24.3 Å². The van der Waals surface area contributed by atoms with Crippen LogP contribution in [0, 0.1) is 17.6 Å². The lowest BCUT2D eigenvalue weighted by Crippen LogP contribution is -2.29. The first-order valence-corrected chi connectivity index (χ1v) is 8.96. The second-order valence-corrected chi connectivity index (χ2v) is 6.59. The average Bonchev–Trinajstić information content (AvgIpc) is 2.70. The molecule has 0 heterocycles. The summed E-state index contributed by atoms with van der Waals surface area (Å²) in [7, 11) is 0. The fourth-order valence-electron chi connectivity index (χ4n) is 3.10. The topological polar surface area (TPSA) is 154 Å². The fraction of sp³-hybridized carbons (Fsp3) is 0.200. The maximum atomic E-state index is 13.6. The van der Waals surface area contributed by atoms with Crippen molar-refractivity contribution in [3.63, 3.8) is 0 Å². The molecule has 0 saturated carbocycles. The first kappa shape index (κ1) is 22.5. The number of benzene rings is 2. The quantitative estimate of drug-likeness (QED) is 0.311. The normalized spacial score (nSPS) is 13.1. The van der Waals surface area contributed by atoms with Gasteiger partial charge in [-0.3, -0.25) is 0 Å². The molecular formula is C20H24F2N8. The molecule has 0 aromatic heterocycles. The summed E-state index contributed by atoms with van der Waals surface area (Å²) in [6.07, 6.45) is 0. The minimum absolute atomic E-state index is 0.216. The number of guanidine groups is 2. The summed E-state index contributed by atoms with van der Waals surface area (Å²) >= 11 is 0. The van der Waals surface area contributed by atoms with Gasteiger partial charge < -0.3 is 22.9 Å². The Morgan fingerprint density at radius 2 is 0.967 bits per heavy atom. The van der Waals surface area contributed by atoms with Gasteiger partial charge in [0.15, 0.2) is 0 Å². The molecular weight excluding hydrogens is 390 g/mol. The van der Waals surface area contributed by atoms with E-state index in [1.54, 1.807) is 38.1 Å². The first-order chi connectivity index (χ1) is 14.2. The summed E-state index contributed by atoms with van der Waals surface area (Å²) in [5.74, 6) is -2.15. The molecule has 8 nitrogen and oxygen atoms in total. The van der Waals surface area contributed by atoms with Crippen LogP contribution >= 0.6 is 0 Å². The number of hydrogen-bond donors (Lipinski definition) is 4. The van der Waals surface area contributed by atoms with Crippen LogP contribution in [-0.4, -0.2) is 23.3 Å². The predicted molar refractivity (Wildman–Crippen MR) is 116 cm³/mol. The lowest BCUT2D eigenvalue weighted by atomic mass is 9.76. The van der Waals surface area contributed by atoms with Gasteiger partial charge in [-0.2, -0.15) is 10.2 Å². The van der Waals surface area contributed by atoms with E-state index in [0.717, 1.165) is 11.1 Å². The van der Waals surface area contributed by atoms with Crippen LogP contribution < -0.4 is 22.9 Å². The maximum Gasteiger partial charge on any atom is 0.211 e. The molecule has 30 heavy (non-hydrogen) atoms. The number of halogens is 2. The zero-order valence-electron chi connectivity index (χ0n) is 16.6. The lowest BCUT2D eigenvalue weighted by Gasteiger charge is -2.27. The van der Waals surface area contributed by atoms with Crippen molar-refractivity contribution < 1.29 is 8.78 Å². The van der Waals surface area contributed by atoms with Crippen molar-refractivity contribution in [1.82, 2.24) is 0 Å². The monoisotopic (exact) mass is 414 g/mol. The van der Waals surface area contributed by atoms with Crippen LogP contribution in [0.2, 0.25) is 0 Å². The summed E-state index contributed by atoms with van der Waals surface area (Å²) in [5.41, 5.74) is 24.1. The van der Waals surface area contributed by atoms with E-state index in [2.05, 4.69) is 20.4 Å². The third kappa shape index (κ3) is 6.09. The van der Waals surface area contributed by atoms with Crippen molar-refractivity contribution in [1.29, 1.82) is 0 Å². The molecule has 0 atom stereocenters. The van der Waals surface area contributed by atoms with Gasteiger partial charge >= 0.3 is 0 Å². The molecule has 0 bridgehead atoms. The Bertz CT molecular complexity index is 891. The molecule has 0 aliphatic carbocycles. The number of rotatable bonds is 7. The second kappa shape index (κ2) is 10.1. The Morgan fingerprint density at radius 3 is 1.27 bits per heavy atom. The van der Waals surface area contributed by atoms with Crippen LogP contribution in [0.25, 0.3) is 0 Å². The summed E-state index contributed by atoms with van der Waals surface area (Å²) in [5, 5.41) is 15.6. The predicted octanol–water partition coefficient (Wildman–Crippen LogP) is 2.01. The van der Waals surface area contributed by atoms with Crippen LogP contribution in [0.4, 0.5) is 8.78 Å². The van der Waals surface area contributed by atoms with Gasteiger partial charge in [0.1, 0.15) is 11.6 Å². The van der Waals surface area contributed by atoms with Crippen LogP contribution in [-0.2, 0) is 0 Å². The van der Waals surface area contributed by atoms with Gasteiger partial charge in [0, 0.05) is 23.3 Å². The molecule has 2 aromatic carbocycles. The molecule has 0 amide bonds. The van der Waals surface area contributed by atoms with Crippen LogP contribution in [0.1, 0.15) is 30.9 Å². The summed E-state index contributed by atoms with van der Waals surface area (Å²) in [6, 6.07) is 11.9. The fourth-order valence-corrected chi connectivity index (χ4v) is 3.10.